The van der Waals surface area contributed by atoms with Crippen LogP contribution in [0.15, 0.2) is 30.5 Å². The summed E-state index contributed by atoms with van der Waals surface area (Å²) in [6.07, 6.45) is 4.17. The second kappa shape index (κ2) is 5.65. The van der Waals surface area contributed by atoms with Gasteiger partial charge in [-0.15, -0.1) is 0 Å². The molecule has 1 N–H and O–H groups in total. The molecule has 2 aromatic rings. The van der Waals surface area contributed by atoms with Gasteiger partial charge in [-0.3, -0.25) is 0 Å². The van der Waals surface area contributed by atoms with E-state index in [0.29, 0.717) is 11.5 Å². The molecule has 0 amide bonds. The SMILES string of the molecule is Fc1ccccc1-c1nc(C2CC2)ncc1N1CCNCC1. The molecule has 2 fully saturated rings. The Morgan fingerprint density at radius 3 is 2.64 bits per heavy atom. The Morgan fingerprint density at radius 2 is 1.91 bits per heavy atom. The third-order valence-corrected chi connectivity index (χ3v) is 4.32. The molecule has 114 valence electrons. The van der Waals surface area contributed by atoms with E-state index >= 15 is 0 Å². The molecule has 22 heavy (non-hydrogen) atoms. The third kappa shape index (κ3) is 2.57. The molecular formula is C17H19FN4. The Balaban J connectivity index is 1.81. The first-order valence-corrected chi connectivity index (χ1v) is 7.90. The van der Waals surface area contributed by atoms with Crippen molar-refractivity contribution in [2.45, 2.75) is 18.8 Å². The highest BCUT2D eigenvalue weighted by molar-refractivity contribution is 5.75. The molecule has 5 heteroatoms. The minimum atomic E-state index is -0.223. The van der Waals surface area contributed by atoms with Crippen LogP contribution >= 0.6 is 0 Å². The molecule has 0 spiro atoms. The largest absolute Gasteiger partial charge is 0.366 e. The molecule has 2 aliphatic rings. The van der Waals surface area contributed by atoms with Gasteiger partial charge in [0, 0.05) is 37.7 Å². The summed E-state index contributed by atoms with van der Waals surface area (Å²) in [5, 5.41) is 3.34. The van der Waals surface area contributed by atoms with Crippen LogP contribution in [0.5, 0.6) is 0 Å². The van der Waals surface area contributed by atoms with Crippen LogP contribution in [0.25, 0.3) is 11.3 Å². The molecule has 1 saturated carbocycles. The number of rotatable bonds is 3. The molecule has 0 unspecified atom stereocenters. The molecule has 2 heterocycles. The van der Waals surface area contributed by atoms with Crippen LogP contribution in [0.4, 0.5) is 10.1 Å². The summed E-state index contributed by atoms with van der Waals surface area (Å²) in [5.41, 5.74) is 2.24. The van der Waals surface area contributed by atoms with Crippen molar-refractivity contribution in [2.24, 2.45) is 0 Å². The van der Waals surface area contributed by atoms with E-state index in [9.17, 15) is 4.39 Å². The zero-order valence-electron chi connectivity index (χ0n) is 12.4. The highest BCUT2D eigenvalue weighted by Gasteiger charge is 2.28. The summed E-state index contributed by atoms with van der Waals surface area (Å²) in [5.74, 6) is 1.10. The first kappa shape index (κ1) is 13.6. The maximum Gasteiger partial charge on any atom is 0.132 e. The molecule has 1 aliphatic heterocycles. The first-order chi connectivity index (χ1) is 10.8. The number of piperazine rings is 1. The van der Waals surface area contributed by atoms with Gasteiger partial charge < -0.3 is 10.2 Å². The van der Waals surface area contributed by atoms with Crippen LogP contribution in [-0.4, -0.2) is 36.1 Å². The monoisotopic (exact) mass is 298 g/mol. The van der Waals surface area contributed by atoms with Gasteiger partial charge in [0.2, 0.25) is 0 Å². The van der Waals surface area contributed by atoms with E-state index in [4.69, 9.17) is 4.98 Å². The molecule has 1 aromatic carbocycles. The Kier molecular flexibility index (Phi) is 3.50. The first-order valence-electron chi connectivity index (χ1n) is 7.90. The van der Waals surface area contributed by atoms with Gasteiger partial charge >= 0.3 is 0 Å². The number of halogens is 1. The molecule has 1 aliphatic carbocycles. The van der Waals surface area contributed by atoms with E-state index in [1.807, 2.05) is 12.3 Å². The summed E-state index contributed by atoms with van der Waals surface area (Å²) >= 11 is 0. The quantitative estimate of drug-likeness (QED) is 0.945. The normalized spacial score (nSPS) is 18.5. The van der Waals surface area contributed by atoms with E-state index in [2.05, 4.69) is 15.2 Å². The van der Waals surface area contributed by atoms with Gasteiger partial charge in [0.15, 0.2) is 0 Å². The molecule has 1 saturated heterocycles. The number of hydrogen-bond donors (Lipinski definition) is 1. The summed E-state index contributed by atoms with van der Waals surface area (Å²) in [7, 11) is 0. The molecule has 1 aromatic heterocycles. The Hall–Kier alpha value is -2.01. The van der Waals surface area contributed by atoms with Gasteiger partial charge in [0.1, 0.15) is 17.3 Å². The fraction of sp³-hybridized carbons (Fsp3) is 0.412. The smallest absolute Gasteiger partial charge is 0.132 e. The van der Waals surface area contributed by atoms with Crippen LogP contribution < -0.4 is 10.2 Å². The van der Waals surface area contributed by atoms with Crippen molar-refractivity contribution in [3.05, 3.63) is 42.1 Å². The average molecular weight is 298 g/mol. The summed E-state index contributed by atoms with van der Waals surface area (Å²) in [6, 6.07) is 6.88. The fourth-order valence-electron chi connectivity index (χ4n) is 2.92. The Labute approximate surface area is 129 Å². The predicted molar refractivity (Wildman–Crippen MR) is 84.5 cm³/mol. The molecule has 0 bridgehead atoms. The molecule has 4 rings (SSSR count). The second-order valence-electron chi connectivity index (χ2n) is 5.95. The van der Waals surface area contributed by atoms with E-state index in [1.54, 1.807) is 12.1 Å². The van der Waals surface area contributed by atoms with Crippen LogP contribution in [0.1, 0.15) is 24.6 Å². The Bertz CT molecular complexity index is 678. The van der Waals surface area contributed by atoms with Crippen LogP contribution in [0, 0.1) is 5.82 Å². The van der Waals surface area contributed by atoms with E-state index in [-0.39, 0.29) is 5.82 Å². The van der Waals surface area contributed by atoms with Crippen molar-refractivity contribution in [3.8, 4) is 11.3 Å². The molecule has 0 radical (unpaired) electrons. The molecule has 4 nitrogen and oxygen atoms in total. The third-order valence-electron chi connectivity index (χ3n) is 4.32. The fourth-order valence-corrected chi connectivity index (χ4v) is 2.92. The summed E-state index contributed by atoms with van der Waals surface area (Å²) < 4.78 is 14.3. The highest BCUT2D eigenvalue weighted by Crippen LogP contribution is 2.40. The summed E-state index contributed by atoms with van der Waals surface area (Å²) in [4.78, 5) is 11.5. The van der Waals surface area contributed by atoms with Crippen LogP contribution in [0.3, 0.4) is 0 Å². The number of hydrogen-bond acceptors (Lipinski definition) is 4. The topological polar surface area (TPSA) is 41.1 Å². The second-order valence-corrected chi connectivity index (χ2v) is 5.95. The lowest BCUT2D eigenvalue weighted by Gasteiger charge is -2.30. The van der Waals surface area contributed by atoms with Crippen molar-refractivity contribution < 1.29 is 4.39 Å². The van der Waals surface area contributed by atoms with Gasteiger partial charge in [-0.25, -0.2) is 14.4 Å². The van der Waals surface area contributed by atoms with Crippen LogP contribution in [-0.2, 0) is 0 Å². The van der Waals surface area contributed by atoms with E-state index in [1.165, 1.54) is 6.07 Å². The number of aromatic nitrogens is 2. The van der Waals surface area contributed by atoms with Gasteiger partial charge in [0.05, 0.1) is 11.9 Å². The number of anilines is 1. The van der Waals surface area contributed by atoms with Crippen molar-refractivity contribution >= 4 is 5.69 Å². The van der Waals surface area contributed by atoms with Crippen LogP contribution in [0.2, 0.25) is 0 Å². The van der Waals surface area contributed by atoms with Gasteiger partial charge in [-0.2, -0.15) is 0 Å². The molecule has 0 atom stereocenters. The average Bonchev–Trinajstić information content (AvgIpc) is 3.41. The minimum absolute atomic E-state index is 0.223. The van der Waals surface area contributed by atoms with Crippen molar-refractivity contribution in [3.63, 3.8) is 0 Å². The zero-order chi connectivity index (χ0) is 14.9. The van der Waals surface area contributed by atoms with Gasteiger partial charge in [-0.1, -0.05) is 12.1 Å². The zero-order valence-corrected chi connectivity index (χ0v) is 12.4. The molecular weight excluding hydrogens is 279 g/mol. The maximum absolute atomic E-state index is 14.3. The van der Waals surface area contributed by atoms with E-state index < -0.39 is 0 Å². The van der Waals surface area contributed by atoms with Crippen molar-refractivity contribution in [1.82, 2.24) is 15.3 Å². The van der Waals surface area contributed by atoms with E-state index in [0.717, 1.165) is 56.2 Å². The lowest BCUT2D eigenvalue weighted by Crippen LogP contribution is -2.43. The summed E-state index contributed by atoms with van der Waals surface area (Å²) in [6.45, 7) is 3.66. The minimum Gasteiger partial charge on any atom is -0.366 e. The van der Waals surface area contributed by atoms with Gasteiger partial charge in [0.25, 0.3) is 0 Å². The number of nitrogens with zero attached hydrogens (tertiary/aromatic N) is 3. The Morgan fingerprint density at radius 1 is 1.14 bits per heavy atom. The number of benzene rings is 1. The standard InChI is InChI=1S/C17H19FN4/c18-14-4-2-1-3-13(14)16-15(22-9-7-19-8-10-22)11-20-17(21-16)12-5-6-12/h1-4,11-12,19H,5-10H2. The van der Waals surface area contributed by atoms with Crippen molar-refractivity contribution in [1.29, 1.82) is 0 Å². The lowest BCUT2D eigenvalue weighted by molar-refractivity contribution is 0.587. The predicted octanol–water partition coefficient (Wildman–Crippen LogP) is 2.57. The lowest BCUT2D eigenvalue weighted by atomic mass is 10.1. The van der Waals surface area contributed by atoms with Crippen molar-refractivity contribution in [2.75, 3.05) is 31.1 Å². The highest BCUT2D eigenvalue weighted by atomic mass is 19.1. The number of nitrogens with one attached hydrogen (secondary N) is 1. The van der Waals surface area contributed by atoms with Gasteiger partial charge in [-0.05, 0) is 25.0 Å². The maximum atomic E-state index is 14.3.